The minimum atomic E-state index is -3.67. The number of benzene rings is 2. The molecule has 2 rings (SSSR count). The molecule has 0 aliphatic heterocycles. The second-order valence-electron chi connectivity index (χ2n) is 7.96. The predicted octanol–water partition coefficient (Wildman–Crippen LogP) is 4.25. The fourth-order valence-corrected chi connectivity index (χ4v) is 4.43. The molecule has 0 saturated heterocycles. The van der Waals surface area contributed by atoms with Crippen LogP contribution in [-0.2, 0) is 10.0 Å². The lowest BCUT2D eigenvalue weighted by molar-refractivity contribution is 0.102. The van der Waals surface area contributed by atoms with Gasteiger partial charge in [0.2, 0.25) is 10.0 Å². The van der Waals surface area contributed by atoms with Crippen molar-refractivity contribution in [1.29, 1.82) is 0 Å². The summed E-state index contributed by atoms with van der Waals surface area (Å²) in [7, 11) is -3.67. The number of nitrogens with one attached hydrogen (secondary N) is 2. The van der Waals surface area contributed by atoms with Gasteiger partial charge in [0.15, 0.2) is 0 Å². The number of hydrogen-bond donors (Lipinski definition) is 2. The van der Waals surface area contributed by atoms with E-state index in [9.17, 15) is 13.2 Å². The van der Waals surface area contributed by atoms with E-state index in [0.29, 0.717) is 11.3 Å². The van der Waals surface area contributed by atoms with E-state index in [1.54, 1.807) is 45.0 Å². The Labute approximate surface area is 174 Å². The highest BCUT2D eigenvalue weighted by Crippen LogP contribution is 2.20. The van der Waals surface area contributed by atoms with Crippen molar-refractivity contribution >= 4 is 27.3 Å². The summed E-state index contributed by atoms with van der Waals surface area (Å²) in [4.78, 5) is 14.9. The third-order valence-electron chi connectivity index (χ3n) is 4.21. The Morgan fingerprint density at radius 1 is 1.03 bits per heavy atom. The number of carbonyl (C=O) groups is 1. The summed E-state index contributed by atoms with van der Waals surface area (Å²) in [6, 6.07) is 13.7. The van der Waals surface area contributed by atoms with E-state index >= 15 is 0 Å². The van der Waals surface area contributed by atoms with Gasteiger partial charge in [-0.05, 0) is 76.6 Å². The second-order valence-corrected chi connectivity index (χ2v) is 9.65. The molecule has 0 atom stereocenters. The van der Waals surface area contributed by atoms with Crippen LogP contribution in [0.5, 0.6) is 0 Å². The molecule has 0 heterocycles. The molecule has 0 saturated carbocycles. The molecule has 0 aliphatic rings. The number of carbonyl (C=O) groups excluding carboxylic acids is 1. The molecule has 0 bridgehead atoms. The Morgan fingerprint density at radius 2 is 1.69 bits per heavy atom. The average Bonchev–Trinajstić information content (AvgIpc) is 2.64. The molecular formula is C22H31N3O3S. The Balaban J connectivity index is 2.15. The van der Waals surface area contributed by atoms with Crippen LogP contribution >= 0.6 is 0 Å². The molecule has 0 radical (unpaired) electrons. The number of rotatable bonds is 8. The Kier molecular flexibility index (Phi) is 7.43. The lowest BCUT2D eigenvalue weighted by atomic mass is 10.1. The Morgan fingerprint density at radius 3 is 2.24 bits per heavy atom. The fraction of sp³-hybridized carbons (Fsp3) is 0.409. The summed E-state index contributed by atoms with van der Waals surface area (Å²) in [5.74, 6) is -0.284. The van der Waals surface area contributed by atoms with Gasteiger partial charge in [-0.1, -0.05) is 13.0 Å². The molecule has 0 spiro atoms. The first kappa shape index (κ1) is 22.9. The molecule has 2 N–H and O–H groups in total. The monoisotopic (exact) mass is 417 g/mol. The van der Waals surface area contributed by atoms with Gasteiger partial charge in [-0.3, -0.25) is 4.79 Å². The van der Waals surface area contributed by atoms with Crippen LogP contribution in [0.2, 0.25) is 0 Å². The van der Waals surface area contributed by atoms with Crippen LogP contribution < -0.4 is 14.9 Å². The number of amides is 1. The first-order valence-corrected chi connectivity index (χ1v) is 11.3. The van der Waals surface area contributed by atoms with E-state index in [0.717, 1.165) is 25.2 Å². The molecule has 2 aromatic rings. The summed E-state index contributed by atoms with van der Waals surface area (Å²) in [5.41, 5.74) is 1.43. The van der Waals surface area contributed by atoms with E-state index in [2.05, 4.69) is 28.8 Å². The highest BCUT2D eigenvalue weighted by atomic mass is 32.2. The third-order valence-corrected chi connectivity index (χ3v) is 5.97. The fourth-order valence-electron chi connectivity index (χ4n) is 2.97. The summed E-state index contributed by atoms with van der Waals surface area (Å²) in [6.07, 6.45) is 1.05. The van der Waals surface area contributed by atoms with Crippen molar-refractivity contribution in [2.45, 2.75) is 51.5 Å². The van der Waals surface area contributed by atoms with Crippen molar-refractivity contribution < 1.29 is 13.2 Å². The molecule has 6 nitrogen and oxygen atoms in total. The van der Waals surface area contributed by atoms with Gasteiger partial charge in [-0.15, -0.1) is 0 Å². The van der Waals surface area contributed by atoms with Gasteiger partial charge < -0.3 is 10.2 Å². The van der Waals surface area contributed by atoms with Gasteiger partial charge in [0.05, 0.1) is 4.90 Å². The van der Waals surface area contributed by atoms with Crippen molar-refractivity contribution in [3.8, 4) is 0 Å². The zero-order chi connectivity index (χ0) is 21.7. The van der Waals surface area contributed by atoms with Gasteiger partial charge in [0, 0.05) is 35.6 Å². The number of anilines is 2. The van der Waals surface area contributed by atoms with Crippen LogP contribution in [0.25, 0.3) is 0 Å². The zero-order valence-electron chi connectivity index (χ0n) is 17.8. The molecule has 0 unspecified atom stereocenters. The molecule has 158 valence electrons. The topological polar surface area (TPSA) is 78.5 Å². The van der Waals surface area contributed by atoms with Crippen LogP contribution in [0, 0.1) is 0 Å². The average molecular weight is 418 g/mol. The van der Waals surface area contributed by atoms with E-state index < -0.39 is 15.6 Å². The Hall–Kier alpha value is -2.38. The molecule has 0 aliphatic carbocycles. The molecule has 7 heteroatoms. The van der Waals surface area contributed by atoms with Gasteiger partial charge in [-0.25, -0.2) is 13.1 Å². The van der Waals surface area contributed by atoms with Crippen LogP contribution in [0.15, 0.2) is 53.4 Å². The van der Waals surface area contributed by atoms with Crippen LogP contribution in [0.1, 0.15) is 51.4 Å². The maximum atomic E-state index is 12.6. The molecular weight excluding hydrogens is 386 g/mol. The second kappa shape index (κ2) is 9.41. The molecule has 29 heavy (non-hydrogen) atoms. The molecule has 0 aromatic heterocycles. The van der Waals surface area contributed by atoms with Gasteiger partial charge in [0.1, 0.15) is 0 Å². The predicted molar refractivity (Wildman–Crippen MR) is 119 cm³/mol. The van der Waals surface area contributed by atoms with E-state index in [4.69, 9.17) is 0 Å². The van der Waals surface area contributed by atoms with Gasteiger partial charge in [0.25, 0.3) is 5.91 Å². The summed E-state index contributed by atoms with van der Waals surface area (Å²) >= 11 is 0. The van der Waals surface area contributed by atoms with Crippen LogP contribution in [0.3, 0.4) is 0 Å². The Bertz CT molecular complexity index is 933. The highest BCUT2D eigenvalue weighted by molar-refractivity contribution is 7.89. The van der Waals surface area contributed by atoms with E-state index in [1.165, 1.54) is 12.1 Å². The number of nitrogens with zero attached hydrogens (tertiary/aromatic N) is 1. The maximum absolute atomic E-state index is 12.6. The van der Waals surface area contributed by atoms with Crippen molar-refractivity contribution in [3.05, 3.63) is 54.1 Å². The highest BCUT2D eigenvalue weighted by Gasteiger charge is 2.22. The van der Waals surface area contributed by atoms with Crippen molar-refractivity contribution in [3.63, 3.8) is 0 Å². The summed E-state index contributed by atoms with van der Waals surface area (Å²) in [5, 5.41) is 2.78. The summed E-state index contributed by atoms with van der Waals surface area (Å²) in [6.45, 7) is 11.4. The third kappa shape index (κ3) is 6.58. The lowest BCUT2D eigenvalue weighted by Gasteiger charge is -2.22. The summed E-state index contributed by atoms with van der Waals surface area (Å²) < 4.78 is 27.6. The number of sulfonamides is 1. The van der Waals surface area contributed by atoms with E-state index in [1.807, 2.05) is 12.1 Å². The SMILES string of the molecule is CCCN(CC)c1ccc(C(=O)Nc2cccc(S(=O)(=O)NC(C)(C)C)c2)cc1. The molecule has 0 fully saturated rings. The minimum Gasteiger partial charge on any atom is -0.372 e. The largest absolute Gasteiger partial charge is 0.372 e. The van der Waals surface area contributed by atoms with Crippen LogP contribution in [0.4, 0.5) is 11.4 Å². The van der Waals surface area contributed by atoms with Crippen molar-refractivity contribution in [2.24, 2.45) is 0 Å². The first-order chi connectivity index (χ1) is 13.6. The zero-order valence-corrected chi connectivity index (χ0v) is 18.6. The maximum Gasteiger partial charge on any atom is 0.255 e. The minimum absolute atomic E-state index is 0.110. The van der Waals surface area contributed by atoms with Gasteiger partial charge >= 0.3 is 0 Å². The normalized spacial score (nSPS) is 11.9. The standard InChI is InChI=1S/C22H31N3O3S/c1-6-15-25(7-2)19-13-11-17(12-14-19)21(26)23-18-9-8-10-20(16-18)29(27,28)24-22(3,4)5/h8-14,16,24H,6-7,15H2,1-5H3,(H,23,26). The van der Waals surface area contributed by atoms with Gasteiger partial charge in [-0.2, -0.15) is 0 Å². The van der Waals surface area contributed by atoms with Crippen molar-refractivity contribution in [2.75, 3.05) is 23.3 Å². The smallest absolute Gasteiger partial charge is 0.255 e. The molecule has 1 amide bonds. The lowest BCUT2D eigenvalue weighted by Crippen LogP contribution is -2.40. The van der Waals surface area contributed by atoms with Crippen LogP contribution in [-0.4, -0.2) is 33.0 Å². The first-order valence-electron chi connectivity index (χ1n) is 9.86. The molecule has 2 aromatic carbocycles. The van der Waals surface area contributed by atoms with Crippen molar-refractivity contribution in [1.82, 2.24) is 4.72 Å². The number of hydrogen-bond acceptors (Lipinski definition) is 4. The quantitative estimate of drug-likeness (QED) is 0.673. The van der Waals surface area contributed by atoms with E-state index in [-0.39, 0.29) is 10.8 Å².